The van der Waals surface area contributed by atoms with Crippen molar-refractivity contribution in [3.05, 3.63) is 112 Å². The zero-order valence-electron chi connectivity index (χ0n) is 17.2. The molecule has 3 heterocycles. The Morgan fingerprint density at radius 1 is 1.00 bits per heavy atom. The second-order valence-corrected chi connectivity index (χ2v) is 9.42. The van der Waals surface area contributed by atoms with Gasteiger partial charge in [-0.15, -0.1) is 0 Å². The van der Waals surface area contributed by atoms with Crippen molar-refractivity contribution in [3.8, 4) is 5.69 Å². The van der Waals surface area contributed by atoms with Crippen molar-refractivity contribution in [2.75, 3.05) is 4.90 Å². The molecule has 160 valence electrons. The SMILES string of the molecule is Cc1cc(-n2cccc2C2C(c3ccccn3)NC(=S)N2c2ccc(Br)cc2)ccc1Cl. The van der Waals surface area contributed by atoms with E-state index in [-0.39, 0.29) is 12.1 Å². The van der Waals surface area contributed by atoms with Crippen LogP contribution >= 0.6 is 39.7 Å². The van der Waals surface area contributed by atoms with Crippen LogP contribution in [-0.2, 0) is 0 Å². The molecule has 2 atom stereocenters. The number of thiocarbonyl (C=S) groups is 1. The van der Waals surface area contributed by atoms with Crippen LogP contribution in [0.5, 0.6) is 0 Å². The Morgan fingerprint density at radius 2 is 1.78 bits per heavy atom. The predicted molar refractivity (Wildman–Crippen MR) is 138 cm³/mol. The van der Waals surface area contributed by atoms with Gasteiger partial charge >= 0.3 is 0 Å². The lowest BCUT2D eigenvalue weighted by Gasteiger charge is -2.29. The molecule has 0 aliphatic carbocycles. The summed E-state index contributed by atoms with van der Waals surface area (Å²) in [6.07, 6.45) is 3.90. The number of aromatic nitrogens is 2. The molecule has 1 saturated heterocycles. The van der Waals surface area contributed by atoms with Gasteiger partial charge < -0.3 is 14.8 Å². The molecule has 0 amide bonds. The monoisotopic (exact) mass is 522 g/mol. The van der Waals surface area contributed by atoms with Crippen LogP contribution < -0.4 is 10.2 Å². The van der Waals surface area contributed by atoms with Crippen LogP contribution in [-0.4, -0.2) is 14.7 Å². The minimum absolute atomic E-state index is 0.0930. The quantitative estimate of drug-likeness (QED) is 0.299. The Labute approximate surface area is 206 Å². The number of nitrogens with zero attached hydrogens (tertiary/aromatic N) is 3. The number of halogens is 2. The molecular formula is C25H20BrClN4S. The molecule has 0 saturated carbocycles. The van der Waals surface area contributed by atoms with Gasteiger partial charge in [0, 0.05) is 39.0 Å². The molecule has 0 bridgehead atoms. The molecule has 1 N–H and O–H groups in total. The van der Waals surface area contributed by atoms with E-state index in [9.17, 15) is 0 Å². The Hall–Kier alpha value is -2.67. The first-order valence-corrected chi connectivity index (χ1v) is 11.8. The molecule has 4 aromatic rings. The number of aryl methyl sites for hydroxylation is 1. The Bertz CT molecular complexity index is 1270. The van der Waals surface area contributed by atoms with E-state index in [1.807, 2.05) is 55.6 Å². The molecule has 1 fully saturated rings. The lowest BCUT2D eigenvalue weighted by molar-refractivity contribution is 0.549. The van der Waals surface area contributed by atoms with Crippen molar-refractivity contribution >= 4 is 50.5 Å². The van der Waals surface area contributed by atoms with E-state index in [4.69, 9.17) is 23.8 Å². The van der Waals surface area contributed by atoms with Crippen LogP contribution in [0.4, 0.5) is 5.69 Å². The first kappa shape index (κ1) is 21.2. The van der Waals surface area contributed by atoms with Gasteiger partial charge in [-0.2, -0.15) is 0 Å². The molecule has 1 aliphatic rings. The highest BCUT2D eigenvalue weighted by Crippen LogP contribution is 2.42. The van der Waals surface area contributed by atoms with Gasteiger partial charge in [0.05, 0.1) is 11.7 Å². The number of hydrogen-bond donors (Lipinski definition) is 1. The molecule has 7 heteroatoms. The standard InChI is InChI=1S/C25H20BrClN4S/c1-16-15-19(11-12-20(16)27)30-14-4-6-22(30)24-23(21-5-2-3-13-28-21)29-25(32)31(24)18-9-7-17(26)8-10-18/h2-15,23-24H,1H3,(H,29,32). The molecule has 4 nitrogen and oxygen atoms in total. The smallest absolute Gasteiger partial charge is 0.174 e. The average Bonchev–Trinajstić information content (AvgIpc) is 3.41. The fourth-order valence-corrected chi connectivity index (χ4v) is 4.91. The van der Waals surface area contributed by atoms with E-state index in [2.05, 4.69) is 72.2 Å². The Balaban J connectivity index is 1.67. The largest absolute Gasteiger partial charge is 0.351 e. The molecule has 2 unspecified atom stereocenters. The van der Waals surface area contributed by atoms with Crippen LogP contribution in [0.2, 0.25) is 5.02 Å². The molecule has 5 rings (SSSR count). The predicted octanol–water partition coefficient (Wildman–Crippen LogP) is 6.77. The summed E-state index contributed by atoms with van der Waals surface area (Å²) in [5, 5.41) is 4.95. The van der Waals surface area contributed by atoms with Crippen LogP contribution in [0.1, 0.15) is 29.0 Å². The van der Waals surface area contributed by atoms with E-state index in [1.54, 1.807) is 0 Å². The van der Waals surface area contributed by atoms with Gasteiger partial charge in [0.25, 0.3) is 0 Å². The highest BCUT2D eigenvalue weighted by Gasteiger charge is 2.42. The fourth-order valence-electron chi connectivity index (χ4n) is 4.18. The van der Waals surface area contributed by atoms with Crippen LogP contribution in [0.25, 0.3) is 5.69 Å². The summed E-state index contributed by atoms with van der Waals surface area (Å²) in [7, 11) is 0. The molecule has 0 spiro atoms. The summed E-state index contributed by atoms with van der Waals surface area (Å²) >= 11 is 15.7. The lowest BCUT2D eigenvalue weighted by Crippen LogP contribution is -2.30. The molecular weight excluding hydrogens is 504 g/mol. The molecule has 2 aromatic carbocycles. The van der Waals surface area contributed by atoms with Crippen molar-refractivity contribution in [1.29, 1.82) is 0 Å². The van der Waals surface area contributed by atoms with Gasteiger partial charge in [-0.25, -0.2) is 0 Å². The number of anilines is 1. The summed E-state index contributed by atoms with van der Waals surface area (Å²) in [5.41, 5.74) is 5.17. The number of nitrogens with one attached hydrogen (secondary N) is 1. The minimum atomic E-state index is -0.102. The summed E-state index contributed by atoms with van der Waals surface area (Å²) in [6, 6.07) is 24.3. The van der Waals surface area contributed by atoms with E-state index in [0.29, 0.717) is 5.11 Å². The van der Waals surface area contributed by atoms with Gasteiger partial charge in [0.15, 0.2) is 5.11 Å². The number of pyridine rings is 1. The number of rotatable bonds is 4. The Kier molecular flexibility index (Phi) is 5.76. The second-order valence-electron chi connectivity index (χ2n) is 7.71. The van der Waals surface area contributed by atoms with Crippen molar-refractivity contribution in [1.82, 2.24) is 14.9 Å². The van der Waals surface area contributed by atoms with Gasteiger partial charge in [-0.1, -0.05) is 33.6 Å². The normalized spacial score (nSPS) is 18.1. The van der Waals surface area contributed by atoms with Gasteiger partial charge in [0.1, 0.15) is 6.04 Å². The maximum atomic E-state index is 6.29. The molecule has 1 aliphatic heterocycles. The first-order chi connectivity index (χ1) is 15.5. The third-order valence-corrected chi connectivity index (χ3v) is 6.97. The molecule has 0 radical (unpaired) electrons. The maximum absolute atomic E-state index is 6.29. The van der Waals surface area contributed by atoms with Gasteiger partial charge in [-0.05, 0) is 91.4 Å². The van der Waals surface area contributed by atoms with Crippen molar-refractivity contribution in [2.24, 2.45) is 0 Å². The topological polar surface area (TPSA) is 33.1 Å². The van der Waals surface area contributed by atoms with E-state index in [0.717, 1.165) is 37.8 Å². The van der Waals surface area contributed by atoms with Gasteiger partial charge in [0.2, 0.25) is 0 Å². The third-order valence-electron chi connectivity index (χ3n) is 5.71. The van der Waals surface area contributed by atoms with Crippen LogP contribution in [0, 0.1) is 6.92 Å². The summed E-state index contributed by atoms with van der Waals surface area (Å²) in [4.78, 5) is 6.82. The van der Waals surface area contributed by atoms with Crippen molar-refractivity contribution < 1.29 is 0 Å². The van der Waals surface area contributed by atoms with Crippen molar-refractivity contribution in [2.45, 2.75) is 19.0 Å². The minimum Gasteiger partial charge on any atom is -0.351 e. The third kappa shape index (κ3) is 3.83. The summed E-state index contributed by atoms with van der Waals surface area (Å²) in [5.74, 6) is 0. The van der Waals surface area contributed by atoms with Crippen LogP contribution in [0.15, 0.2) is 89.7 Å². The number of benzene rings is 2. The van der Waals surface area contributed by atoms with E-state index >= 15 is 0 Å². The average molecular weight is 524 g/mol. The Morgan fingerprint density at radius 3 is 2.50 bits per heavy atom. The first-order valence-electron chi connectivity index (χ1n) is 10.2. The van der Waals surface area contributed by atoms with E-state index < -0.39 is 0 Å². The summed E-state index contributed by atoms with van der Waals surface area (Å²) in [6.45, 7) is 2.02. The van der Waals surface area contributed by atoms with Crippen LogP contribution in [0.3, 0.4) is 0 Å². The zero-order valence-corrected chi connectivity index (χ0v) is 20.4. The number of hydrogen-bond acceptors (Lipinski definition) is 2. The molecule has 32 heavy (non-hydrogen) atoms. The maximum Gasteiger partial charge on any atom is 0.174 e. The van der Waals surface area contributed by atoms with Crippen molar-refractivity contribution in [3.63, 3.8) is 0 Å². The fraction of sp³-hybridized carbons (Fsp3) is 0.120. The van der Waals surface area contributed by atoms with Gasteiger partial charge in [-0.3, -0.25) is 4.98 Å². The highest BCUT2D eigenvalue weighted by atomic mass is 79.9. The lowest BCUT2D eigenvalue weighted by atomic mass is 10.0. The highest BCUT2D eigenvalue weighted by molar-refractivity contribution is 9.10. The zero-order chi connectivity index (χ0) is 22.2. The van der Waals surface area contributed by atoms with E-state index in [1.165, 1.54) is 0 Å². The second kappa shape index (κ2) is 8.70. The summed E-state index contributed by atoms with van der Waals surface area (Å²) < 4.78 is 3.22. The molecule has 2 aromatic heterocycles.